The summed E-state index contributed by atoms with van der Waals surface area (Å²) in [6, 6.07) is 20.3. The summed E-state index contributed by atoms with van der Waals surface area (Å²) in [7, 11) is -3.79. The van der Waals surface area contributed by atoms with Crippen LogP contribution in [0.15, 0.2) is 82.6 Å². The number of hydrogen-bond acceptors (Lipinski definition) is 5. The van der Waals surface area contributed by atoms with E-state index in [4.69, 9.17) is 0 Å². The largest absolute Gasteiger partial charge is 0.279 e. The van der Waals surface area contributed by atoms with Crippen molar-refractivity contribution in [2.24, 2.45) is 0 Å². The summed E-state index contributed by atoms with van der Waals surface area (Å²) < 4.78 is 27.7. The molecule has 0 aromatic heterocycles. The number of sulfonamides is 1. The second-order valence-corrected chi connectivity index (χ2v) is 9.78. The van der Waals surface area contributed by atoms with Crippen molar-refractivity contribution in [1.82, 2.24) is 10.9 Å². The third kappa shape index (κ3) is 6.35. The van der Waals surface area contributed by atoms with Gasteiger partial charge in [0.1, 0.15) is 0 Å². The standard InChI is InChI=1S/C23H23N3O4S2/c1-16-7-11-19(12-8-16)31-15-22(27)24-25-23(28)18-9-13-20(14-10-18)32(29,30)26-21-6-4-3-5-17(21)2/h3-14,26H,15H2,1-2H3,(H,24,27)(H,25,28). The van der Waals surface area contributed by atoms with Crippen LogP contribution in [0, 0.1) is 13.8 Å². The van der Waals surface area contributed by atoms with Crippen molar-refractivity contribution < 1.29 is 18.0 Å². The maximum atomic E-state index is 12.6. The zero-order valence-electron chi connectivity index (χ0n) is 17.6. The number of anilines is 1. The zero-order valence-corrected chi connectivity index (χ0v) is 19.2. The Labute approximate surface area is 191 Å². The lowest BCUT2D eigenvalue weighted by molar-refractivity contribution is -0.119. The molecule has 9 heteroatoms. The highest BCUT2D eigenvalue weighted by atomic mass is 32.2. The second-order valence-electron chi connectivity index (χ2n) is 7.05. The molecule has 3 aromatic carbocycles. The van der Waals surface area contributed by atoms with Gasteiger partial charge in [0.15, 0.2) is 0 Å². The number of carbonyl (C=O) groups is 2. The SMILES string of the molecule is Cc1ccc(SCC(=O)NNC(=O)c2ccc(S(=O)(=O)Nc3ccccc3C)cc2)cc1. The topological polar surface area (TPSA) is 104 Å². The molecule has 3 aromatic rings. The Morgan fingerprint density at radius 1 is 0.844 bits per heavy atom. The first kappa shape index (κ1) is 23.4. The fourth-order valence-corrected chi connectivity index (χ4v) is 4.52. The molecule has 0 bridgehead atoms. The molecule has 2 amide bonds. The van der Waals surface area contributed by atoms with Crippen LogP contribution < -0.4 is 15.6 Å². The van der Waals surface area contributed by atoms with Crippen LogP contribution in [-0.2, 0) is 14.8 Å². The van der Waals surface area contributed by atoms with E-state index in [1.165, 1.54) is 36.0 Å². The molecule has 0 heterocycles. The van der Waals surface area contributed by atoms with Gasteiger partial charge in [-0.2, -0.15) is 0 Å². The number of amides is 2. The van der Waals surface area contributed by atoms with E-state index >= 15 is 0 Å². The van der Waals surface area contributed by atoms with Gasteiger partial charge in [0.25, 0.3) is 15.9 Å². The normalized spacial score (nSPS) is 10.9. The molecule has 32 heavy (non-hydrogen) atoms. The Kier molecular flexibility index (Phi) is 7.55. The fraction of sp³-hybridized carbons (Fsp3) is 0.130. The number of hydrogen-bond donors (Lipinski definition) is 3. The Morgan fingerprint density at radius 3 is 2.16 bits per heavy atom. The Morgan fingerprint density at radius 2 is 1.50 bits per heavy atom. The van der Waals surface area contributed by atoms with Gasteiger partial charge >= 0.3 is 0 Å². The van der Waals surface area contributed by atoms with Crippen molar-refractivity contribution in [2.75, 3.05) is 10.5 Å². The fourth-order valence-electron chi connectivity index (χ4n) is 2.69. The minimum Gasteiger partial charge on any atom is -0.279 e. The number of carbonyl (C=O) groups excluding carboxylic acids is 2. The summed E-state index contributed by atoms with van der Waals surface area (Å²) in [5, 5.41) is 0. The molecule has 0 fully saturated rings. The van der Waals surface area contributed by atoms with E-state index in [1.54, 1.807) is 25.1 Å². The van der Waals surface area contributed by atoms with Crippen molar-refractivity contribution in [3.63, 3.8) is 0 Å². The molecule has 0 radical (unpaired) electrons. The van der Waals surface area contributed by atoms with Crippen molar-refractivity contribution in [1.29, 1.82) is 0 Å². The van der Waals surface area contributed by atoms with E-state index < -0.39 is 15.9 Å². The zero-order chi connectivity index (χ0) is 23.1. The lowest BCUT2D eigenvalue weighted by Gasteiger charge is -2.11. The third-order valence-corrected chi connectivity index (χ3v) is 6.92. The molecule has 0 aliphatic rings. The summed E-state index contributed by atoms with van der Waals surface area (Å²) in [6.07, 6.45) is 0. The van der Waals surface area contributed by atoms with E-state index in [1.807, 2.05) is 37.3 Å². The van der Waals surface area contributed by atoms with Gasteiger partial charge in [-0.1, -0.05) is 35.9 Å². The molecular weight excluding hydrogens is 446 g/mol. The van der Waals surface area contributed by atoms with Crippen LogP contribution in [0.25, 0.3) is 0 Å². The molecule has 0 saturated heterocycles. The Balaban J connectivity index is 1.53. The second kappa shape index (κ2) is 10.3. The molecule has 3 N–H and O–H groups in total. The van der Waals surface area contributed by atoms with Crippen LogP contribution in [0.3, 0.4) is 0 Å². The minimum absolute atomic E-state index is 0.0239. The molecule has 166 valence electrons. The van der Waals surface area contributed by atoms with Crippen LogP contribution in [-0.4, -0.2) is 26.0 Å². The summed E-state index contributed by atoms with van der Waals surface area (Å²) in [6.45, 7) is 3.79. The van der Waals surface area contributed by atoms with Crippen molar-refractivity contribution >= 4 is 39.3 Å². The van der Waals surface area contributed by atoms with Gasteiger partial charge in [-0.25, -0.2) is 8.42 Å². The molecule has 3 rings (SSSR count). The summed E-state index contributed by atoms with van der Waals surface area (Å²) in [5.74, 6) is -0.759. The van der Waals surface area contributed by atoms with E-state index in [0.29, 0.717) is 5.69 Å². The maximum Gasteiger partial charge on any atom is 0.269 e. The van der Waals surface area contributed by atoms with E-state index in [0.717, 1.165) is 16.0 Å². The number of thioether (sulfide) groups is 1. The third-order valence-electron chi connectivity index (χ3n) is 4.52. The highest BCUT2D eigenvalue weighted by Crippen LogP contribution is 2.20. The average Bonchev–Trinajstić information content (AvgIpc) is 2.78. The number of para-hydroxylation sites is 1. The van der Waals surface area contributed by atoms with Gasteiger partial charge in [0.2, 0.25) is 5.91 Å². The average molecular weight is 470 g/mol. The molecule has 7 nitrogen and oxygen atoms in total. The molecule has 0 atom stereocenters. The summed E-state index contributed by atoms with van der Waals surface area (Å²) in [5.41, 5.74) is 7.32. The van der Waals surface area contributed by atoms with Crippen molar-refractivity contribution in [3.8, 4) is 0 Å². The van der Waals surface area contributed by atoms with Gasteiger partial charge in [-0.15, -0.1) is 11.8 Å². The predicted octanol–water partition coefficient (Wildman–Crippen LogP) is 3.66. The lowest BCUT2D eigenvalue weighted by Crippen LogP contribution is -2.42. The monoisotopic (exact) mass is 469 g/mol. The van der Waals surface area contributed by atoms with Crippen LogP contribution in [0.1, 0.15) is 21.5 Å². The van der Waals surface area contributed by atoms with Crippen molar-refractivity contribution in [3.05, 3.63) is 89.5 Å². The minimum atomic E-state index is -3.79. The van der Waals surface area contributed by atoms with E-state index in [9.17, 15) is 18.0 Å². The number of rotatable bonds is 7. The van der Waals surface area contributed by atoms with Gasteiger partial charge in [-0.3, -0.25) is 25.2 Å². The quantitative estimate of drug-likeness (QED) is 0.362. The highest BCUT2D eigenvalue weighted by molar-refractivity contribution is 8.00. The van der Waals surface area contributed by atoms with E-state index in [-0.39, 0.29) is 22.1 Å². The van der Waals surface area contributed by atoms with Gasteiger partial charge in [0, 0.05) is 10.5 Å². The maximum absolute atomic E-state index is 12.6. The molecule has 0 unspecified atom stereocenters. The summed E-state index contributed by atoms with van der Waals surface area (Å²) >= 11 is 1.35. The molecule has 0 aliphatic heterocycles. The first-order valence-corrected chi connectivity index (χ1v) is 12.2. The van der Waals surface area contributed by atoms with Gasteiger partial charge in [0.05, 0.1) is 16.3 Å². The van der Waals surface area contributed by atoms with Gasteiger partial charge < -0.3 is 0 Å². The summed E-state index contributed by atoms with van der Waals surface area (Å²) in [4.78, 5) is 25.2. The molecule has 0 spiro atoms. The molecule has 0 saturated carbocycles. The van der Waals surface area contributed by atoms with Gasteiger partial charge in [-0.05, 0) is 61.9 Å². The number of nitrogens with one attached hydrogen (secondary N) is 3. The van der Waals surface area contributed by atoms with E-state index in [2.05, 4.69) is 15.6 Å². The van der Waals surface area contributed by atoms with Crippen molar-refractivity contribution in [2.45, 2.75) is 23.6 Å². The highest BCUT2D eigenvalue weighted by Gasteiger charge is 2.16. The smallest absolute Gasteiger partial charge is 0.269 e. The van der Waals surface area contributed by atoms with Crippen LogP contribution in [0.5, 0.6) is 0 Å². The lowest BCUT2D eigenvalue weighted by atomic mass is 10.2. The molecular formula is C23H23N3O4S2. The molecule has 0 aliphatic carbocycles. The number of hydrazine groups is 1. The Hall–Kier alpha value is -3.30. The Bertz CT molecular complexity index is 1210. The predicted molar refractivity (Wildman–Crippen MR) is 126 cm³/mol. The number of aryl methyl sites for hydroxylation is 2. The van der Waals surface area contributed by atoms with Crippen LogP contribution in [0.2, 0.25) is 0 Å². The first-order chi connectivity index (χ1) is 15.2. The number of benzene rings is 3. The van der Waals surface area contributed by atoms with Crippen LogP contribution in [0.4, 0.5) is 5.69 Å². The van der Waals surface area contributed by atoms with Crippen LogP contribution >= 0.6 is 11.8 Å². The first-order valence-electron chi connectivity index (χ1n) is 9.72.